The van der Waals surface area contributed by atoms with Crippen molar-refractivity contribution >= 4 is 23.6 Å². The molecule has 0 amide bonds. The molecule has 13 heavy (non-hydrogen) atoms. The van der Waals surface area contributed by atoms with E-state index in [-0.39, 0.29) is 5.92 Å². The Balaban J connectivity index is 2.25. The molecule has 74 valence electrons. The molecule has 1 atom stereocenters. The first kappa shape index (κ1) is 10.4. The molecule has 0 radical (unpaired) electrons. The molecule has 1 heterocycles. The lowest BCUT2D eigenvalue weighted by atomic mass is 10.2. The van der Waals surface area contributed by atoms with Gasteiger partial charge in [-0.2, -0.15) is 11.8 Å². The Labute approximate surface area is 81.8 Å². The van der Waals surface area contributed by atoms with Crippen LogP contribution in [0.15, 0.2) is 4.99 Å². The van der Waals surface area contributed by atoms with Gasteiger partial charge < -0.3 is 10.4 Å². The monoisotopic (exact) mass is 202 g/mol. The van der Waals surface area contributed by atoms with Crippen molar-refractivity contribution in [3.63, 3.8) is 0 Å². The molecule has 0 spiro atoms. The molecular formula is C8H14N2O2S. The average Bonchev–Trinajstić information content (AvgIpc) is 2.15. The van der Waals surface area contributed by atoms with Crippen LogP contribution in [-0.4, -0.2) is 41.5 Å². The third-order valence-corrected chi connectivity index (χ3v) is 2.76. The van der Waals surface area contributed by atoms with Crippen LogP contribution in [0.5, 0.6) is 0 Å². The molecule has 0 saturated heterocycles. The van der Waals surface area contributed by atoms with Crippen LogP contribution in [0.1, 0.15) is 6.92 Å². The molecule has 0 bridgehead atoms. The zero-order chi connectivity index (χ0) is 9.68. The van der Waals surface area contributed by atoms with E-state index in [0.717, 1.165) is 23.9 Å². The molecule has 1 aliphatic heterocycles. The highest BCUT2D eigenvalue weighted by Gasteiger charge is 2.12. The van der Waals surface area contributed by atoms with E-state index in [1.165, 1.54) is 0 Å². The summed E-state index contributed by atoms with van der Waals surface area (Å²) < 4.78 is 0. The number of hydrogen-bond acceptors (Lipinski definition) is 4. The maximum Gasteiger partial charge on any atom is 0.308 e. The maximum absolute atomic E-state index is 10.5. The van der Waals surface area contributed by atoms with E-state index in [0.29, 0.717) is 6.54 Å². The van der Waals surface area contributed by atoms with Gasteiger partial charge >= 0.3 is 5.97 Å². The van der Waals surface area contributed by atoms with Gasteiger partial charge in [-0.1, -0.05) is 6.92 Å². The molecule has 1 unspecified atom stereocenters. The third kappa shape index (κ3) is 3.67. The van der Waals surface area contributed by atoms with Crippen LogP contribution in [0, 0.1) is 5.92 Å². The quantitative estimate of drug-likeness (QED) is 0.697. The van der Waals surface area contributed by atoms with E-state index >= 15 is 0 Å². The molecule has 0 aromatic heterocycles. The van der Waals surface area contributed by atoms with Gasteiger partial charge in [-0.25, -0.2) is 0 Å². The third-order valence-electron chi connectivity index (χ3n) is 1.81. The van der Waals surface area contributed by atoms with Crippen LogP contribution < -0.4 is 5.32 Å². The highest BCUT2D eigenvalue weighted by molar-refractivity contribution is 8.00. The zero-order valence-electron chi connectivity index (χ0n) is 7.62. The fourth-order valence-corrected chi connectivity index (χ4v) is 1.68. The summed E-state index contributed by atoms with van der Waals surface area (Å²) in [5.41, 5.74) is 0. The molecule has 4 nitrogen and oxygen atoms in total. The molecule has 1 aliphatic rings. The largest absolute Gasteiger partial charge is 0.481 e. The molecule has 0 aromatic carbocycles. The predicted octanol–water partition coefficient (Wildman–Crippen LogP) is 0.442. The molecular weight excluding hydrogens is 188 g/mol. The standard InChI is InChI=1S/C8H14N2O2S/c1-6(8(11)12)4-10-7-5-13-3-2-9-7/h6H,2-5H2,1H3,(H,9,10)(H,11,12). The van der Waals surface area contributed by atoms with Gasteiger partial charge in [0, 0.05) is 12.3 Å². The number of aliphatic imine (C=N–C) groups is 1. The van der Waals surface area contributed by atoms with Gasteiger partial charge in [-0.3, -0.25) is 9.79 Å². The van der Waals surface area contributed by atoms with Crippen LogP contribution in [0.3, 0.4) is 0 Å². The Bertz CT molecular complexity index is 218. The van der Waals surface area contributed by atoms with E-state index in [4.69, 9.17) is 5.11 Å². The van der Waals surface area contributed by atoms with Crippen LogP contribution >= 0.6 is 11.8 Å². The SMILES string of the molecule is CC(CNC1=NCCSC1)C(=O)O. The minimum atomic E-state index is -0.767. The number of hydrogen-bond donors (Lipinski definition) is 2. The van der Waals surface area contributed by atoms with Crippen molar-refractivity contribution in [3.8, 4) is 0 Å². The van der Waals surface area contributed by atoms with E-state index in [9.17, 15) is 4.79 Å². The topological polar surface area (TPSA) is 61.7 Å². The predicted molar refractivity (Wildman–Crippen MR) is 54.4 cm³/mol. The second-order valence-electron chi connectivity index (χ2n) is 3.00. The average molecular weight is 202 g/mol. The summed E-state index contributed by atoms with van der Waals surface area (Å²) in [6.07, 6.45) is 0. The number of thioether (sulfide) groups is 1. The highest BCUT2D eigenvalue weighted by Crippen LogP contribution is 2.05. The lowest BCUT2D eigenvalue weighted by Gasteiger charge is -2.15. The van der Waals surface area contributed by atoms with Crippen molar-refractivity contribution in [2.75, 3.05) is 24.6 Å². The summed E-state index contributed by atoms with van der Waals surface area (Å²) in [5.74, 6) is 1.77. The number of aliphatic carboxylic acids is 1. The Kier molecular flexibility index (Phi) is 4.08. The van der Waals surface area contributed by atoms with E-state index in [1.807, 2.05) is 11.8 Å². The minimum absolute atomic E-state index is 0.352. The maximum atomic E-state index is 10.5. The van der Waals surface area contributed by atoms with Crippen LogP contribution in [0.2, 0.25) is 0 Å². The zero-order valence-corrected chi connectivity index (χ0v) is 8.43. The second-order valence-corrected chi connectivity index (χ2v) is 4.11. The van der Waals surface area contributed by atoms with E-state index in [1.54, 1.807) is 6.92 Å². The highest BCUT2D eigenvalue weighted by atomic mass is 32.2. The molecule has 0 fully saturated rings. The molecule has 5 heteroatoms. The number of carboxylic acids is 1. The Hall–Kier alpha value is -0.710. The van der Waals surface area contributed by atoms with Crippen LogP contribution in [-0.2, 0) is 4.79 Å². The van der Waals surface area contributed by atoms with E-state index < -0.39 is 5.97 Å². The van der Waals surface area contributed by atoms with E-state index in [2.05, 4.69) is 10.3 Å². The summed E-state index contributed by atoms with van der Waals surface area (Å²) >= 11 is 1.82. The van der Waals surface area contributed by atoms with Crippen LogP contribution in [0.25, 0.3) is 0 Å². The smallest absolute Gasteiger partial charge is 0.308 e. The normalized spacial score (nSPS) is 19.0. The molecule has 0 aliphatic carbocycles. The molecule has 0 saturated carbocycles. The summed E-state index contributed by atoms with van der Waals surface area (Å²) in [7, 11) is 0. The van der Waals surface area contributed by atoms with Gasteiger partial charge in [0.1, 0.15) is 5.84 Å². The summed E-state index contributed by atoms with van der Waals surface area (Å²) in [6, 6.07) is 0. The fourth-order valence-electron chi connectivity index (χ4n) is 0.925. The van der Waals surface area contributed by atoms with Crippen molar-refractivity contribution < 1.29 is 9.90 Å². The Morgan fingerprint density at radius 2 is 2.62 bits per heavy atom. The number of rotatable bonds is 3. The minimum Gasteiger partial charge on any atom is -0.481 e. The number of carboxylic acid groups (broad SMARTS) is 1. The number of nitrogens with zero attached hydrogens (tertiary/aromatic N) is 1. The van der Waals surface area contributed by atoms with Crippen molar-refractivity contribution in [2.45, 2.75) is 6.92 Å². The second kappa shape index (κ2) is 5.11. The summed E-state index contributed by atoms with van der Waals surface area (Å²) in [6.45, 7) is 3.00. The van der Waals surface area contributed by atoms with Crippen molar-refractivity contribution in [1.29, 1.82) is 0 Å². The summed E-state index contributed by atoms with van der Waals surface area (Å²) in [5, 5.41) is 11.7. The van der Waals surface area contributed by atoms with Gasteiger partial charge in [-0.15, -0.1) is 0 Å². The number of amidine groups is 1. The Morgan fingerprint density at radius 1 is 1.85 bits per heavy atom. The molecule has 0 aromatic rings. The van der Waals surface area contributed by atoms with Crippen molar-refractivity contribution in [2.24, 2.45) is 10.9 Å². The lowest BCUT2D eigenvalue weighted by molar-refractivity contribution is -0.140. The van der Waals surface area contributed by atoms with Gasteiger partial charge in [0.15, 0.2) is 0 Å². The lowest BCUT2D eigenvalue weighted by Crippen LogP contribution is -2.34. The van der Waals surface area contributed by atoms with Gasteiger partial charge in [0.25, 0.3) is 0 Å². The van der Waals surface area contributed by atoms with Gasteiger partial charge in [-0.05, 0) is 0 Å². The van der Waals surface area contributed by atoms with Gasteiger partial charge in [0.2, 0.25) is 0 Å². The van der Waals surface area contributed by atoms with Gasteiger partial charge in [0.05, 0.1) is 18.2 Å². The Morgan fingerprint density at radius 3 is 3.15 bits per heavy atom. The summed E-state index contributed by atoms with van der Waals surface area (Å²) in [4.78, 5) is 14.7. The number of carbonyl (C=O) groups is 1. The van der Waals surface area contributed by atoms with Crippen LogP contribution in [0.4, 0.5) is 0 Å². The van der Waals surface area contributed by atoms with Crippen molar-refractivity contribution in [1.82, 2.24) is 5.32 Å². The first-order chi connectivity index (χ1) is 6.20. The molecule has 2 N–H and O–H groups in total. The fraction of sp³-hybridized carbons (Fsp3) is 0.750. The first-order valence-corrected chi connectivity index (χ1v) is 5.43. The number of nitrogens with one attached hydrogen (secondary N) is 1. The molecule has 1 rings (SSSR count). The first-order valence-electron chi connectivity index (χ1n) is 4.28. The van der Waals surface area contributed by atoms with Crippen molar-refractivity contribution in [3.05, 3.63) is 0 Å².